The summed E-state index contributed by atoms with van der Waals surface area (Å²) in [5.74, 6) is 1.15. The summed E-state index contributed by atoms with van der Waals surface area (Å²) in [7, 11) is 0. The van der Waals surface area contributed by atoms with Gasteiger partial charge in [0.25, 0.3) is 5.91 Å². The van der Waals surface area contributed by atoms with Gasteiger partial charge in [-0.2, -0.15) is 0 Å². The number of amides is 1. The molecule has 1 atom stereocenters. The minimum Gasteiger partial charge on any atom is -0.467 e. The molecule has 0 aliphatic heterocycles. The van der Waals surface area contributed by atoms with Crippen LogP contribution in [0.25, 0.3) is 0 Å². The number of nitrogens with one attached hydrogen (secondary N) is 1. The average molecular weight is 303 g/mol. The van der Waals surface area contributed by atoms with Crippen LogP contribution in [0, 0.1) is 5.92 Å². The van der Waals surface area contributed by atoms with Crippen molar-refractivity contribution >= 4 is 18.3 Å². The van der Waals surface area contributed by atoms with E-state index in [1.807, 2.05) is 0 Å². The lowest BCUT2D eigenvalue weighted by atomic mass is 9.97. The topological polar surface area (TPSA) is 68.3 Å². The Kier molecular flexibility index (Phi) is 10.2. The summed E-state index contributed by atoms with van der Waals surface area (Å²) >= 11 is 0. The number of nitrogens with two attached hydrogens (primary N) is 1. The molecule has 1 heterocycles. The van der Waals surface area contributed by atoms with Crippen molar-refractivity contribution in [2.24, 2.45) is 11.7 Å². The summed E-state index contributed by atoms with van der Waals surface area (Å²) in [6, 6.07) is 1.70. The van der Waals surface area contributed by atoms with Gasteiger partial charge in [0.15, 0.2) is 0 Å². The third kappa shape index (κ3) is 6.44. The van der Waals surface area contributed by atoms with Crippen LogP contribution in [0.4, 0.5) is 0 Å². The molecule has 0 aliphatic carbocycles. The number of furan rings is 1. The van der Waals surface area contributed by atoms with Gasteiger partial charge in [-0.1, -0.05) is 33.1 Å². The van der Waals surface area contributed by atoms with Crippen LogP contribution >= 0.6 is 12.4 Å². The van der Waals surface area contributed by atoms with E-state index in [0.717, 1.165) is 13.0 Å². The zero-order valence-electron chi connectivity index (χ0n) is 12.5. The number of unbranched alkanes of at least 4 members (excludes halogenated alkanes) is 1. The Hall–Kier alpha value is -1.00. The first-order chi connectivity index (χ1) is 9.21. The fourth-order valence-corrected chi connectivity index (χ4v) is 2.20. The molecule has 3 N–H and O–H groups in total. The van der Waals surface area contributed by atoms with Crippen LogP contribution in [0.3, 0.4) is 0 Å². The molecule has 1 rings (SSSR count). The van der Waals surface area contributed by atoms with E-state index in [2.05, 4.69) is 19.2 Å². The first kappa shape index (κ1) is 19.0. The summed E-state index contributed by atoms with van der Waals surface area (Å²) in [5.41, 5.74) is 6.02. The van der Waals surface area contributed by atoms with Crippen molar-refractivity contribution in [3.8, 4) is 0 Å². The Morgan fingerprint density at radius 2 is 2.10 bits per heavy atom. The summed E-state index contributed by atoms with van der Waals surface area (Å²) in [5, 5.41) is 2.99. The van der Waals surface area contributed by atoms with E-state index >= 15 is 0 Å². The Morgan fingerprint density at radius 1 is 1.35 bits per heavy atom. The lowest BCUT2D eigenvalue weighted by Gasteiger charge is -2.16. The molecule has 0 fully saturated rings. The molecule has 1 aromatic heterocycles. The molecule has 1 unspecified atom stereocenters. The largest absolute Gasteiger partial charge is 0.467 e. The number of halogens is 1. The lowest BCUT2D eigenvalue weighted by Crippen LogP contribution is -2.29. The maximum absolute atomic E-state index is 11.9. The highest BCUT2D eigenvalue weighted by Crippen LogP contribution is 2.14. The molecule has 0 saturated heterocycles. The van der Waals surface area contributed by atoms with Crippen LogP contribution < -0.4 is 11.1 Å². The van der Waals surface area contributed by atoms with E-state index in [1.54, 1.807) is 6.07 Å². The molecule has 0 aliphatic rings. The second-order valence-electron chi connectivity index (χ2n) is 5.01. The Morgan fingerprint density at radius 3 is 2.65 bits per heavy atom. The predicted molar refractivity (Wildman–Crippen MR) is 84.1 cm³/mol. The zero-order chi connectivity index (χ0) is 14.1. The van der Waals surface area contributed by atoms with E-state index in [9.17, 15) is 4.79 Å². The van der Waals surface area contributed by atoms with Crippen molar-refractivity contribution in [2.45, 2.75) is 52.5 Å². The van der Waals surface area contributed by atoms with E-state index in [4.69, 9.17) is 10.2 Å². The van der Waals surface area contributed by atoms with E-state index < -0.39 is 0 Å². The van der Waals surface area contributed by atoms with Crippen molar-refractivity contribution in [2.75, 3.05) is 6.54 Å². The van der Waals surface area contributed by atoms with Crippen LogP contribution in [0.2, 0.25) is 0 Å². The summed E-state index contributed by atoms with van der Waals surface area (Å²) < 4.78 is 5.17. The van der Waals surface area contributed by atoms with Gasteiger partial charge in [0.1, 0.15) is 12.0 Å². The van der Waals surface area contributed by atoms with E-state index in [0.29, 0.717) is 23.8 Å². The van der Waals surface area contributed by atoms with Crippen molar-refractivity contribution in [3.63, 3.8) is 0 Å². The van der Waals surface area contributed by atoms with Gasteiger partial charge in [-0.3, -0.25) is 4.79 Å². The van der Waals surface area contributed by atoms with Gasteiger partial charge in [0, 0.05) is 6.54 Å². The second kappa shape index (κ2) is 10.7. The minimum atomic E-state index is -0.0685. The molecule has 4 nitrogen and oxygen atoms in total. The number of carbonyl (C=O) groups excluding carboxylic acids is 1. The molecule has 0 saturated carbocycles. The molecular weight excluding hydrogens is 276 g/mol. The molecular formula is C15H27ClN2O2. The van der Waals surface area contributed by atoms with Crippen LogP contribution in [0.15, 0.2) is 16.7 Å². The summed E-state index contributed by atoms with van der Waals surface area (Å²) in [6.45, 7) is 5.45. The highest BCUT2D eigenvalue weighted by atomic mass is 35.5. The second-order valence-corrected chi connectivity index (χ2v) is 5.01. The molecule has 1 aromatic rings. The highest BCUT2D eigenvalue weighted by molar-refractivity contribution is 5.93. The number of rotatable bonds is 9. The third-order valence-corrected chi connectivity index (χ3v) is 3.33. The minimum absolute atomic E-state index is 0. The molecule has 116 valence electrons. The Balaban J connectivity index is 0.00000361. The zero-order valence-corrected chi connectivity index (χ0v) is 13.3. The number of hydrogen-bond acceptors (Lipinski definition) is 3. The SMILES string of the molecule is CCCCC(CCC)CNC(=O)c1coc(CN)c1.Cl. The fraction of sp³-hybridized carbons (Fsp3) is 0.667. The fourth-order valence-electron chi connectivity index (χ4n) is 2.20. The monoisotopic (exact) mass is 302 g/mol. The third-order valence-electron chi connectivity index (χ3n) is 3.33. The van der Waals surface area contributed by atoms with Gasteiger partial charge in [0.2, 0.25) is 0 Å². The van der Waals surface area contributed by atoms with Gasteiger partial charge >= 0.3 is 0 Å². The predicted octanol–water partition coefficient (Wildman–Crippen LogP) is 3.50. The van der Waals surface area contributed by atoms with Crippen molar-refractivity contribution in [1.29, 1.82) is 0 Å². The van der Waals surface area contributed by atoms with Gasteiger partial charge in [0.05, 0.1) is 12.1 Å². The van der Waals surface area contributed by atoms with Crippen molar-refractivity contribution in [3.05, 3.63) is 23.7 Å². The smallest absolute Gasteiger partial charge is 0.254 e. The van der Waals surface area contributed by atoms with Crippen LogP contribution in [0.1, 0.15) is 62.1 Å². The molecule has 0 spiro atoms. The standard InChI is InChI=1S/C15H26N2O2.ClH/c1-3-5-7-12(6-4-2)10-17-15(18)13-8-14(9-16)19-11-13;/h8,11-12H,3-7,9-10,16H2,1-2H3,(H,17,18);1H. The quantitative estimate of drug-likeness (QED) is 0.733. The van der Waals surface area contributed by atoms with Crippen LogP contribution in [-0.4, -0.2) is 12.5 Å². The maximum atomic E-state index is 11.9. The average Bonchev–Trinajstić information content (AvgIpc) is 2.90. The number of carbonyl (C=O) groups is 1. The first-order valence-electron chi connectivity index (χ1n) is 7.26. The van der Waals surface area contributed by atoms with Gasteiger partial charge in [-0.25, -0.2) is 0 Å². The molecule has 0 radical (unpaired) electrons. The molecule has 0 aromatic carbocycles. The lowest BCUT2D eigenvalue weighted by molar-refractivity contribution is 0.0944. The summed E-state index contributed by atoms with van der Waals surface area (Å²) in [6.07, 6.45) is 7.41. The van der Waals surface area contributed by atoms with Gasteiger partial charge in [-0.15, -0.1) is 12.4 Å². The summed E-state index contributed by atoms with van der Waals surface area (Å²) in [4.78, 5) is 11.9. The van der Waals surface area contributed by atoms with Crippen LogP contribution in [-0.2, 0) is 6.54 Å². The van der Waals surface area contributed by atoms with Gasteiger partial charge in [-0.05, 0) is 24.8 Å². The maximum Gasteiger partial charge on any atom is 0.254 e. The molecule has 0 bridgehead atoms. The molecule has 5 heteroatoms. The molecule has 1 amide bonds. The van der Waals surface area contributed by atoms with Crippen LogP contribution in [0.5, 0.6) is 0 Å². The van der Waals surface area contributed by atoms with Gasteiger partial charge < -0.3 is 15.5 Å². The highest BCUT2D eigenvalue weighted by Gasteiger charge is 2.12. The Labute approximate surface area is 127 Å². The normalized spacial score (nSPS) is 11.8. The van der Waals surface area contributed by atoms with Crippen molar-refractivity contribution in [1.82, 2.24) is 5.32 Å². The van der Waals surface area contributed by atoms with E-state index in [1.165, 1.54) is 31.9 Å². The van der Waals surface area contributed by atoms with Crippen molar-refractivity contribution < 1.29 is 9.21 Å². The number of hydrogen-bond donors (Lipinski definition) is 2. The molecule has 20 heavy (non-hydrogen) atoms. The first-order valence-corrected chi connectivity index (χ1v) is 7.26. The van der Waals surface area contributed by atoms with E-state index in [-0.39, 0.29) is 18.3 Å². The Bertz CT molecular complexity index is 380.